The van der Waals surface area contributed by atoms with Crippen LogP contribution in [-0.4, -0.2) is 74.8 Å². The second-order valence-electron chi connectivity index (χ2n) is 8.80. The summed E-state index contributed by atoms with van der Waals surface area (Å²) in [6.07, 6.45) is 2.95. The molecule has 192 valence electrons. The van der Waals surface area contributed by atoms with Crippen molar-refractivity contribution >= 4 is 18.0 Å². The molecule has 1 atom stereocenters. The molecule has 0 radical (unpaired) electrons. The van der Waals surface area contributed by atoms with Crippen molar-refractivity contribution in [3.8, 4) is 0 Å². The van der Waals surface area contributed by atoms with Crippen molar-refractivity contribution in [2.45, 2.75) is 32.2 Å². The summed E-state index contributed by atoms with van der Waals surface area (Å²) in [4.78, 5) is 41.9. The van der Waals surface area contributed by atoms with Gasteiger partial charge in [0, 0.05) is 13.7 Å². The van der Waals surface area contributed by atoms with Crippen LogP contribution in [0.5, 0.6) is 0 Å². The number of carbonyl (C=O) groups excluding carboxylic acids is 3. The van der Waals surface area contributed by atoms with Gasteiger partial charge < -0.3 is 25.0 Å². The van der Waals surface area contributed by atoms with Gasteiger partial charge in [0.05, 0.1) is 25.0 Å². The molecular formula is C24H32F2N4O5. The predicted molar refractivity (Wildman–Crippen MR) is 123 cm³/mol. The quantitative estimate of drug-likeness (QED) is 0.426. The highest BCUT2D eigenvalue weighted by Gasteiger charge is 2.43. The molecule has 0 aromatic heterocycles. The van der Waals surface area contributed by atoms with Crippen LogP contribution in [0, 0.1) is 17.6 Å². The van der Waals surface area contributed by atoms with E-state index in [1.54, 1.807) is 0 Å². The number of halogens is 2. The van der Waals surface area contributed by atoms with E-state index in [1.165, 1.54) is 13.2 Å². The molecule has 0 aliphatic carbocycles. The zero-order valence-corrected chi connectivity index (χ0v) is 20.2. The van der Waals surface area contributed by atoms with E-state index in [2.05, 4.69) is 22.5 Å². The molecule has 4 amide bonds. The number of urea groups is 2. The fourth-order valence-corrected chi connectivity index (χ4v) is 4.35. The summed E-state index contributed by atoms with van der Waals surface area (Å²) >= 11 is 0. The molecule has 2 N–H and O–H groups in total. The van der Waals surface area contributed by atoms with E-state index in [-0.39, 0.29) is 23.4 Å². The van der Waals surface area contributed by atoms with Crippen molar-refractivity contribution in [3.05, 3.63) is 46.7 Å². The topological polar surface area (TPSA) is 100 Å². The van der Waals surface area contributed by atoms with E-state index in [9.17, 15) is 23.2 Å². The Morgan fingerprint density at radius 2 is 1.89 bits per heavy atom. The number of hydrogen-bond donors (Lipinski definition) is 2. The number of imide groups is 1. The number of rotatable bonds is 8. The minimum atomic E-state index is -1.35. The number of ether oxygens (including phenoxy) is 2. The van der Waals surface area contributed by atoms with Gasteiger partial charge in [-0.25, -0.2) is 28.1 Å². The van der Waals surface area contributed by atoms with Gasteiger partial charge in [-0.05, 0) is 62.5 Å². The summed E-state index contributed by atoms with van der Waals surface area (Å²) in [5.41, 5.74) is -0.00894. The molecule has 0 bridgehead atoms. The Bertz CT molecular complexity index is 979. The minimum absolute atomic E-state index is 0.0327. The number of piperidine rings is 1. The van der Waals surface area contributed by atoms with Gasteiger partial charge in [-0.2, -0.15) is 0 Å². The molecule has 11 heteroatoms. The molecule has 1 aromatic carbocycles. The number of nitrogens with zero attached hydrogens (tertiary/aromatic N) is 2. The monoisotopic (exact) mass is 494 g/mol. The molecule has 2 aliphatic heterocycles. The van der Waals surface area contributed by atoms with Gasteiger partial charge in [-0.15, -0.1) is 0 Å². The van der Waals surface area contributed by atoms with Crippen LogP contribution in [0.25, 0.3) is 0 Å². The normalized spacial score (nSPS) is 19.5. The second-order valence-corrected chi connectivity index (χ2v) is 8.80. The molecule has 3 rings (SSSR count). The Labute approximate surface area is 203 Å². The van der Waals surface area contributed by atoms with Crippen molar-refractivity contribution in [2.75, 3.05) is 47.0 Å². The minimum Gasteiger partial charge on any atom is -0.466 e. The molecule has 35 heavy (non-hydrogen) atoms. The first kappa shape index (κ1) is 26.6. The van der Waals surface area contributed by atoms with Crippen LogP contribution in [0.3, 0.4) is 0 Å². The fourth-order valence-electron chi connectivity index (χ4n) is 4.35. The maximum absolute atomic E-state index is 14.1. The average Bonchev–Trinajstić information content (AvgIpc) is 2.84. The van der Waals surface area contributed by atoms with E-state index in [1.807, 2.05) is 0 Å². The molecule has 1 fully saturated rings. The lowest BCUT2D eigenvalue weighted by atomic mass is 9.93. The fraction of sp³-hybridized carbons (Fsp3) is 0.542. The lowest BCUT2D eigenvalue weighted by Gasteiger charge is -2.36. The van der Waals surface area contributed by atoms with Crippen LogP contribution in [0.1, 0.15) is 37.8 Å². The van der Waals surface area contributed by atoms with E-state index in [0.717, 1.165) is 62.5 Å². The molecule has 1 saturated heterocycles. The third-order valence-corrected chi connectivity index (χ3v) is 6.31. The summed E-state index contributed by atoms with van der Waals surface area (Å²) in [6.45, 7) is 5.19. The van der Waals surface area contributed by atoms with Crippen molar-refractivity contribution < 1.29 is 32.6 Å². The van der Waals surface area contributed by atoms with Gasteiger partial charge in [-0.3, -0.25) is 0 Å². The first-order valence-corrected chi connectivity index (χ1v) is 11.6. The van der Waals surface area contributed by atoms with E-state index in [4.69, 9.17) is 9.47 Å². The number of hydrogen-bond acceptors (Lipinski definition) is 6. The van der Waals surface area contributed by atoms with Gasteiger partial charge in [0.25, 0.3) is 0 Å². The Balaban J connectivity index is 1.83. The van der Waals surface area contributed by atoms with Crippen LogP contribution < -0.4 is 10.6 Å². The molecule has 0 saturated carbocycles. The van der Waals surface area contributed by atoms with E-state index in [0.29, 0.717) is 13.0 Å². The van der Waals surface area contributed by atoms with Crippen molar-refractivity contribution in [1.29, 1.82) is 0 Å². The highest BCUT2D eigenvalue weighted by atomic mass is 19.2. The molecule has 1 unspecified atom stereocenters. The number of carbonyl (C=O) groups is 3. The smallest absolute Gasteiger partial charge is 0.338 e. The van der Waals surface area contributed by atoms with Gasteiger partial charge >= 0.3 is 18.0 Å². The van der Waals surface area contributed by atoms with Crippen LogP contribution in [0.15, 0.2) is 29.5 Å². The van der Waals surface area contributed by atoms with E-state index < -0.39 is 35.7 Å². The lowest BCUT2D eigenvalue weighted by molar-refractivity contribution is -0.137. The first-order chi connectivity index (χ1) is 16.8. The molecule has 1 aromatic rings. The Morgan fingerprint density at radius 1 is 1.17 bits per heavy atom. The zero-order valence-electron chi connectivity index (χ0n) is 20.2. The van der Waals surface area contributed by atoms with Gasteiger partial charge in [-0.1, -0.05) is 13.0 Å². The lowest BCUT2D eigenvalue weighted by Crippen LogP contribution is -2.55. The van der Waals surface area contributed by atoms with Crippen LogP contribution in [0.2, 0.25) is 0 Å². The highest BCUT2D eigenvalue weighted by molar-refractivity contribution is 6.01. The standard InChI is InChI=1S/C24H32F2N4O5/c1-15-7-11-29(12-8-15)10-4-9-27-23(32)30-21(16-5-6-17(25)18(26)13-16)20(22(31)35-3)19(14-34-2)28-24(30)33/h5-6,13,15,21H,4,7-12,14H2,1-3H3,(H,27,32)(H,28,33). The second kappa shape index (κ2) is 12.1. The third-order valence-electron chi connectivity index (χ3n) is 6.31. The molecule has 2 heterocycles. The largest absolute Gasteiger partial charge is 0.466 e. The number of benzene rings is 1. The van der Waals surface area contributed by atoms with Crippen molar-refractivity contribution in [1.82, 2.24) is 20.4 Å². The molecular weight excluding hydrogens is 462 g/mol. The summed E-state index contributed by atoms with van der Waals surface area (Å²) in [6, 6.07) is -0.0159. The number of nitrogens with one attached hydrogen (secondary N) is 2. The number of likely N-dealkylation sites (tertiary alicyclic amines) is 1. The Morgan fingerprint density at radius 3 is 2.51 bits per heavy atom. The van der Waals surface area contributed by atoms with Gasteiger partial charge in [0.15, 0.2) is 11.6 Å². The molecule has 9 nitrogen and oxygen atoms in total. The summed E-state index contributed by atoms with van der Waals surface area (Å²) in [7, 11) is 2.51. The van der Waals surface area contributed by atoms with Crippen molar-refractivity contribution in [2.24, 2.45) is 5.92 Å². The maximum atomic E-state index is 14.1. The zero-order chi connectivity index (χ0) is 25.5. The average molecular weight is 495 g/mol. The predicted octanol–water partition coefficient (Wildman–Crippen LogP) is 2.94. The SMILES string of the molecule is COCC1=C(C(=O)OC)C(c2ccc(F)c(F)c2)N(C(=O)NCCCN2CCC(C)CC2)C(=O)N1. The van der Waals surface area contributed by atoms with Crippen LogP contribution >= 0.6 is 0 Å². The Hall–Kier alpha value is -3.05. The van der Waals surface area contributed by atoms with Gasteiger partial charge in [0.1, 0.15) is 6.04 Å². The highest BCUT2D eigenvalue weighted by Crippen LogP contribution is 2.35. The molecule has 0 spiro atoms. The molecule has 2 aliphatic rings. The summed E-state index contributed by atoms with van der Waals surface area (Å²) in [5, 5.41) is 5.20. The van der Waals surface area contributed by atoms with Gasteiger partial charge in [0.2, 0.25) is 0 Å². The first-order valence-electron chi connectivity index (χ1n) is 11.6. The number of methoxy groups -OCH3 is 2. The summed E-state index contributed by atoms with van der Waals surface area (Å²) < 4.78 is 37.7. The number of amides is 4. The number of esters is 1. The Kier molecular flexibility index (Phi) is 9.16. The maximum Gasteiger partial charge on any atom is 0.338 e. The third kappa shape index (κ3) is 6.34. The van der Waals surface area contributed by atoms with E-state index >= 15 is 0 Å². The van der Waals surface area contributed by atoms with Crippen LogP contribution in [0.4, 0.5) is 18.4 Å². The summed E-state index contributed by atoms with van der Waals surface area (Å²) in [5.74, 6) is -2.40. The van der Waals surface area contributed by atoms with Crippen molar-refractivity contribution in [3.63, 3.8) is 0 Å². The van der Waals surface area contributed by atoms with Crippen LogP contribution in [-0.2, 0) is 14.3 Å².